The van der Waals surface area contributed by atoms with Crippen LogP contribution in [0.5, 0.6) is 0 Å². The van der Waals surface area contributed by atoms with E-state index in [0.29, 0.717) is 18.9 Å². The van der Waals surface area contributed by atoms with Gasteiger partial charge in [0, 0.05) is 33.2 Å². The molecule has 1 heterocycles. The molecule has 1 aliphatic rings. The number of hydrogen-bond donors (Lipinski definition) is 1. The Balaban J connectivity index is 2.75. The Labute approximate surface area is 120 Å². The number of carbonyl (C=O) groups excluding carboxylic acids is 1. The second-order valence-electron chi connectivity index (χ2n) is 5.97. The lowest BCUT2D eigenvalue weighted by atomic mass is 10.0. The van der Waals surface area contributed by atoms with Crippen LogP contribution in [0.1, 0.15) is 33.6 Å². The highest BCUT2D eigenvalue weighted by atomic mass is 16.5. The highest BCUT2D eigenvalue weighted by molar-refractivity contribution is 5.83. The summed E-state index contributed by atoms with van der Waals surface area (Å²) in [5.74, 6) is -0.483. The van der Waals surface area contributed by atoms with E-state index >= 15 is 0 Å². The van der Waals surface area contributed by atoms with Gasteiger partial charge < -0.3 is 19.6 Å². The van der Waals surface area contributed by atoms with E-state index in [1.807, 2.05) is 6.92 Å². The lowest BCUT2D eigenvalue weighted by Crippen LogP contribution is -2.49. The average molecular weight is 286 g/mol. The first kappa shape index (κ1) is 16.8. The summed E-state index contributed by atoms with van der Waals surface area (Å²) in [4.78, 5) is 26.8. The van der Waals surface area contributed by atoms with Crippen molar-refractivity contribution in [1.29, 1.82) is 0 Å². The molecule has 20 heavy (non-hydrogen) atoms. The Hall–Kier alpha value is -1.30. The fourth-order valence-electron chi connectivity index (χ4n) is 2.65. The molecule has 3 atom stereocenters. The first-order chi connectivity index (χ1) is 9.27. The zero-order chi connectivity index (χ0) is 15.4. The minimum atomic E-state index is -0.970. The molecule has 0 radical (unpaired) electrons. The summed E-state index contributed by atoms with van der Waals surface area (Å²) >= 11 is 0. The van der Waals surface area contributed by atoms with Crippen LogP contribution in [-0.2, 0) is 9.53 Å². The van der Waals surface area contributed by atoms with Crippen LogP contribution >= 0.6 is 0 Å². The number of aliphatic carboxylic acids is 1. The number of carbonyl (C=O) groups is 2. The molecule has 2 amide bonds. The Bertz CT molecular complexity index is 359. The quantitative estimate of drug-likeness (QED) is 0.834. The number of ether oxygens (including phenoxy) is 1. The van der Waals surface area contributed by atoms with Crippen LogP contribution in [0.4, 0.5) is 4.79 Å². The number of carboxylic acids is 1. The summed E-state index contributed by atoms with van der Waals surface area (Å²) in [6, 6.07) is -0.940. The third kappa shape index (κ3) is 3.85. The number of carboxylic acid groups (broad SMARTS) is 1. The van der Waals surface area contributed by atoms with Crippen LogP contribution in [0, 0.1) is 5.92 Å². The molecular weight excluding hydrogens is 260 g/mol. The lowest BCUT2D eigenvalue weighted by Gasteiger charge is -2.32. The van der Waals surface area contributed by atoms with E-state index in [-0.39, 0.29) is 18.2 Å². The van der Waals surface area contributed by atoms with Crippen molar-refractivity contribution in [1.82, 2.24) is 9.80 Å². The monoisotopic (exact) mass is 286 g/mol. The normalized spacial score (nSPS) is 24.0. The number of methoxy groups -OCH3 is 1. The van der Waals surface area contributed by atoms with E-state index in [2.05, 4.69) is 13.8 Å². The molecule has 6 heteroatoms. The third-order valence-electron chi connectivity index (χ3n) is 3.90. The van der Waals surface area contributed by atoms with Crippen LogP contribution < -0.4 is 0 Å². The molecule has 1 rings (SSSR count). The van der Waals surface area contributed by atoms with Crippen molar-refractivity contribution in [3.8, 4) is 0 Å². The average Bonchev–Trinajstić information content (AvgIpc) is 2.80. The number of likely N-dealkylation sites (tertiary alicyclic amines) is 1. The summed E-state index contributed by atoms with van der Waals surface area (Å²) in [7, 11) is 3.27. The van der Waals surface area contributed by atoms with Crippen molar-refractivity contribution in [2.45, 2.75) is 51.8 Å². The van der Waals surface area contributed by atoms with Gasteiger partial charge in [-0.05, 0) is 19.3 Å². The van der Waals surface area contributed by atoms with Gasteiger partial charge in [0.1, 0.15) is 6.04 Å². The van der Waals surface area contributed by atoms with Gasteiger partial charge in [-0.3, -0.25) is 0 Å². The molecule has 0 aromatic carbocycles. The van der Waals surface area contributed by atoms with Gasteiger partial charge in [-0.15, -0.1) is 0 Å². The molecular formula is C14H26N2O4. The van der Waals surface area contributed by atoms with Crippen molar-refractivity contribution in [2.75, 3.05) is 20.7 Å². The SMILES string of the molecule is COC1CC(C(=O)O)N(C(=O)N(C)C(C)CC(C)C)C1. The standard InChI is InChI=1S/C14H26N2O4/c1-9(2)6-10(3)15(4)14(19)16-8-11(20-5)7-12(16)13(17)18/h9-12H,6-8H2,1-5H3,(H,17,18). The second-order valence-corrected chi connectivity index (χ2v) is 5.97. The summed E-state index contributed by atoms with van der Waals surface area (Å²) in [5.41, 5.74) is 0. The first-order valence-electron chi connectivity index (χ1n) is 7.06. The summed E-state index contributed by atoms with van der Waals surface area (Å²) in [5, 5.41) is 9.24. The molecule has 0 aromatic rings. The number of nitrogens with zero attached hydrogens (tertiary/aromatic N) is 2. The summed E-state index contributed by atoms with van der Waals surface area (Å²) in [6.45, 7) is 6.53. The molecule has 3 unspecified atom stereocenters. The molecule has 0 spiro atoms. The van der Waals surface area contributed by atoms with Gasteiger partial charge >= 0.3 is 12.0 Å². The third-order valence-corrected chi connectivity index (χ3v) is 3.90. The van der Waals surface area contributed by atoms with Crippen molar-refractivity contribution < 1.29 is 19.4 Å². The first-order valence-corrected chi connectivity index (χ1v) is 7.06. The molecule has 0 bridgehead atoms. The van der Waals surface area contributed by atoms with E-state index < -0.39 is 12.0 Å². The maximum atomic E-state index is 12.5. The predicted octanol–water partition coefficient (Wildman–Crippen LogP) is 1.65. The Morgan fingerprint density at radius 3 is 2.45 bits per heavy atom. The van der Waals surface area contributed by atoms with E-state index in [4.69, 9.17) is 4.74 Å². The second kappa shape index (κ2) is 6.92. The van der Waals surface area contributed by atoms with Gasteiger partial charge in [0.2, 0.25) is 0 Å². The molecule has 1 saturated heterocycles. The molecule has 0 aliphatic carbocycles. The van der Waals surface area contributed by atoms with Crippen LogP contribution in [0.25, 0.3) is 0 Å². The van der Waals surface area contributed by atoms with Gasteiger partial charge in [0.25, 0.3) is 0 Å². The number of amides is 2. The summed E-state index contributed by atoms with van der Waals surface area (Å²) < 4.78 is 5.20. The zero-order valence-corrected chi connectivity index (χ0v) is 13.0. The van der Waals surface area contributed by atoms with Crippen LogP contribution in [0.15, 0.2) is 0 Å². The van der Waals surface area contributed by atoms with E-state index in [1.54, 1.807) is 19.1 Å². The topological polar surface area (TPSA) is 70.1 Å². The highest BCUT2D eigenvalue weighted by Gasteiger charge is 2.41. The number of hydrogen-bond acceptors (Lipinski definition) is 3. The van der Waals surface area contributed by atoms with Gasteiger partial charge in [-0.25, -0.2) is 9.59 Å². The van der Waals surface area contributed by atoms with Crippen molar-refractivity contribution in [3.63, 3.8) is 0 Å². The van der Waals surface area contributed by atoms with Gasteiger partial charge in [0.05, 0.1) is 6.10 Å². The summed E-state index contributed by atoms with van der Waals surface area (Å²) in [6.07, 6.45) is 1.04. The van der Waals surface area contributed by atoms with Gasteiger partial charge in [-0.2, -0.15) is 0 Å². The maximum absolute atomic E-state index is 12.5. The molecule has 6 nitrogen and oxygen atoms in total. The minimum absolute atomic E-state index is 0.0820. The molecule has 1 N–H and O–H groups in total. The lowest BCUT2D eigenvalue weighted by molar-refractivity contribution is -0.141. The van der Waals surface area contributed by atoms with E-state index in [0.717, 1.165) is 6.42 Å². The van der Waals surface area contributed by atoms with E-state index in [1.165, 1.54) is 4.90 Å². The Kier molecular flexibility index (Phi) is 5.80. The number of rotatable bonds is 5. The highest BCUT2D eigenvalue weighted by Crippen LogP contribution is 2.23. The fourth-order valence-corrected chi connectivity index (χ4v) is 2.65. The molecule has 0 aromatic heterocycles. The van der Waals surface area contributed by atoms with Crippen molar-refractivity contribution in [2.24, 2.45) is 5.92 Å². The van der Waals surface area contributed by atoms with Crippen molar-refractivity contribution in [3.05, 3.63) is 0 Å². The van der Waals surface area contributed by atoms with Gasteiger partial charge in [-0.1, -0.05) is 13.8 Å². The Morgan fingerprint density at radius 1 is 1.40 bits per heavy atom. The van der Waals surface area contributed by atoms with Crippen molar-refractivity contribution >= 4 is 12.0 Å². The van der Waals surface area contributed by atoms with Crippen LogP contribution in [-0.4, -0.2) is 65.8 Å². The van der Waals surface area contributed by atoms with E-state index in [9.17, 15) is 14.7 Å². The van der Waals surface area contributed by atoms with Crippen LogP contribution in [0.3, 0.4) is 0 Å². The van der Waals surface area contributed by atoms with Crippen LogP contribution in [0.2, 0.25) is 0 Å². The molecule has 1 aliphatic heterocycles. The molecule has 0 saturated carbocycles. The Morgan fingerprint density at radius 2 is 2.00 bits per heavy atom. The minimum Gasteiger partial charge on any atom is -0.480 e. The molecule has 116 valence electrons. The maximum Gasteiger partial charge on any atom is 0.326 e. The smallest absolute Gasteiger partial charge is 0.326 e. The largest absolute Gasteiger partial charge is 0.480 e. The zero-order valence-electron chi connectivity index (χ0n) is 13.0. The predicted molar refractivity (Wildman–Crippen MR) is 75.6 cm³/mol. The fraction of sp³-hybridized carbons (Fsp3) is 0.857. The number of urea groups is 1. The van der Waals surface area contributed by atoms with Gasteiger partial charge in [0.15, 0.2) is 0 Å². The molecule has 1 fully saturated rings.